The van der Waals surface area contributed by atoms with Crippen LogP contribution >= 0.6 is 23.6 Å². The molecule has 0 aliphatic heterocycles. The minimum Gasteiger partial charge on any atom is -0.386 e. The van der Waals surface area contributed by atoms with Crippen molar-refractivity contribution in [2.75, 3.05) is 19.0 Å². The van der Waals surface area contributed by atoms with Gasteiger partial charge in [0.2, 0.25) is 5.13 Å². The zero-order valence-corrected chi connectivity index (χ0v) is 12.2. The summed E-state index contributed by atoms with van der Waals surface area (Å²) in [7, 11) is 3.75. The van der Waals surface area contributed by atoms with E-state index in [0.717, 1.165) is 5.13 Å². The quantitative estimate of drug-likeness (QED) is 0.881. The number of benzene rings is 1. The minimum atomic E-state index is -0.834. The van der Waals surface area contributed by atoms with E-state index in [0.29, 0.717) is 9.52 Å². The summed E-state index contributed by atoms with van der Waals surface area (Å²) in [5.41, 5.74) is 0.515. The van der Waals surface area contributed by atoms with E-state index >= 15 is 0 Å². The number of hydrogen-bond donors (Lipinski definition) is 1. The van der Waals surface area contributed by atoms with Crippen molar-refractivity contribution in [1.29, 1.82) is 0 Å². The Morgan fingerprint density at radius 3 is 2.84 bits per heavy atom. The zero-order valence-electron chi connectivity index (χ0n) is 10.6. The summed E-state index contributed by atoms with van der Waals surface area (Å²) in [6.45, 7) is 0.215. The minimum absolute atomic E-state index is 0.215. The molecule has 7 heteroatoms. The van der Waals surface area contributed by atoms with Gasteiger partial charge in [0.1, 0.15) is 5.82 Å². The summed E-state index contributed by atoms with van der Waals surface area (Å²) in [5, 5.41) is 15.2. The van der Waals surface area contributed by atoms with Gasteiger partial charge in [-0.2, -0.15) is 0 Å². The molecule has 0 aliphatic carbocycles. The predicted molar refractivity (Wildman–Crippen MR) is 76.6 cm³/mol. The Kier molecular flexibility index (Phi) is 4.28. The molecule has 0 unspecified atom stereocenters. The maximum absolute atomic E-state index is 13.1. The molecule has 1 atom stereocenters. The Hall–Kier alpha value is -1.31. The van der Waals surface area contributed by atoms with Crippen LogP contribution in [0.5, 0.6) is 0 Å². The number of aliphatic hydroxyl groups is 1. The van der Waals surface area contributed by atoms with Crippen LogP contribution in [0.2, 0.25) is 0 Å². The van der Waals surface area contributed by atoms with Gasteiger partial charge in [-0.05, 0) is 29.9 Å². The molecule has 1 heterocycles. The molecule has 0 radical (unpaired) electrons. The van der Waals surface area contributed by atoms with Gasteiger partial charge in [0, 0.05) is 14.1 Å². The first kappa shape index (κ1) is 14.1. The van der Waals surface area contributed by atoms with Crippen molar-refractivity contribution in [3.8, 4) is 0 Å². The van der Waals surface area contributed by atoms with E-state index in [1.54, 1.807) is 16.8 Å². The summed E-state index contributed by atoms with van der Waals surface area (Å²) in [4.78, 5) is 1.85. The summed E-state index contributed by atoms with van der Waals surface area (Å²) in [6, 6.07) is 5.90. The maximum Gasteiger partial charge on any atom is 0.206 e. The zero-order chi connectivity index (χ0) is 14.0. The number of rotatable bonds is 4. The SMILES string of the molecule is CN(C)c1nn(C[C@H](O)c2cccc(F)c2)c(=S)s1. The van der Waals surface area contributed by atoms with Crippen LogP contribution in [0.3, 0.4) is 0 Å². The van der Waals surface area contributed by atoms with E-state index in [1.165, 1.54) is 23.5 Å². The third-order valence-corrected chi connectivity index (χ3v) is 4.03. The van der Waals surface area contributed by atoms with Crippen LogP contribution in [0.15, 0.2) is 24.3 Å². The van der Waals surface area contributed by atoms with Gasteiger partial charge in [0.15, 0.2) is 3.95 Å². The molecule has 0 saturated heterocycles. The fourth-order valence-corrected chi connectivity index (χ4v) is 2.61. The fraction of sp³-hybridized carbons (Fsp3) is 0.333. The van der Waals surface area contributed by atoms with Gasteiger partial charge in [-0.3, -0.25) is 0 Å². The first-order valence-electron chi connectivity index (χ1n) is 5.66. The lowest BCUT2D eigenvalue weighted by Gasteiger charge is -2.11. The smallest absolute Gasteiger partial charge is 0.206 e. The van der Waals surface area contributed by atoms with Crippen LogP contribution in [0.1, 0.15) is 11.7 Å². The van der Waals surface area contributed by atoms with Gasteiger partial charge >= 0.3 is 0 Å². The van der Waals surface area contributed by atoms with Crippen LogP contribution in [0.25, 0.3) is 0 Å². The molecule has 0 aliphatic rings. The van der Waals surface area contributed by atoms with Gasteiger partial charge in [-0.15, -0.1) is 5.10 Å². The standard InChI is InChI=1S/C12H14FN3OS2/c1-15(2)11-14-16(12(18)19-11)7-10(17)8-4-3-5-9(13)6-8/h3-6,10,17H,7H2,1-2H3/t10-/m0/s1. The fourth-order valence-electron chi connectivity index (χ4n) is 1.57. The third-order valence-electron chi connectivity index (χ3n) is 2.56. The Morgan fingerprint density at radius 1 is 1.53 bits per heavy atom. The van der Waals surface area contributed by atoms with Crippen molar-refractivity contribution in [2.24, 2.45) is 0 Å². The van der Waals surface area contributed by atoms with Crippen molar-refractivity contribution in [3.05, 3.63) is 39.6 Å². The van der Waals surface area contributed by atoms with E-state index in [9.17, 15) is 9.50 Å². The molecule has 0 fully saturated rings. The van der Waals surface area contributed by atoms with Crippen LogP contribution in [-0.4, -0.2) is 29.0 Å². The molecule has 1 N–H and O–H groups in total. The van der Waals surface area contributed by atoms with Crippen molar-refractivity contribution >= 4 is 28.7 Å². The number of aliphatic hydroxyl groups excluding tert-OH is 1. The second kappa shape index (κ2) is 5.77. The lowest BCUT2D eigenvalue weighted by atomic mass is 10.1. The molecule has 102 valence electrons. The second-order valence-corrected chi connectivity index (χ2v) is 5.90. The number of aromatic nitrogens is 2. The highest BCUT2D eigenvalue weighted by Gasteiger charge is 2.12. The van der Waals surface area contributed by atoms with Crippen LogP contribution in [0, 0.1) is 9.77 Å². The number of halogens is 1. The molecule has 4 nitrogen and oxygen atoms in total. The molecule has 2 aromatic rings. The first-order chi connectivity index (χ1) is 8.97. The molecule has 0 saturated carbocycles. The molecule has 0 bridgehead atoms. The van der Waals surface area contributed by atoms with E-state index in [-0.39, 0.29) is 12.4 Å². The highest BCUT2D eigenvalue weighted by atomic mass is 32.1. The Labute approximate surface area is 119 Å². The predicted octanol–water partition coefficient (Wildman–Crippen LogP) is 2.61. The van der Waals surface area contributed by atoms with Gasteiger partial charge in [0.25, 0.3) is 0 Å². The van der Waals surface area contributed by atoms with Crippen LogP contribution in [0.4, 0.5) is 9.52 Å². The van der Waals surface area contributed by atoms with Crippen molar-refractivity contribution in [1.82, 2.24) is 9.78 Å². The lowest BCUT2D eigenvalue weighted by Crippen LogP contribution is -2.13. The topological polar surface area (TPSA) is 41.3 Å². The van der Waals surface area contributed by atoms with Crippen molar-refractivity contribution in [3.63, 3.8) is 0 Å². The number of nitrogens with zero attached hydrogens (tertiary/aromatic N) is 3. The molecule has 2 rings (SSSR count). The Morgan fingerprint density at radius 2 is 2.26 bits per heavy atom. The highest BCUT2D eigenvalue weighted by Crippen LogP contribution is 2.21. The molecule has 19 heavy (non-hydrogen) atoms. The van der Waals surface area contributed by atoms with Gasteiger partial charge < -0.3 is 10.0 Å². The largest absolute Gasteiger partial charge is 0.386 e. The molecule has 0 spiro atoms. The van der Waals surface area contributed by atoms with Gasteiger partial charge in [0.05, 0.1) is 12.6 Å². The van der Waals surface area contributed by atoms with E-state index < -0.39 is 6.10 Å². The lowest BCUT2D eigenvalue weighted by molar-refractivity contribution is 0.151. The van der Waals surface area contributed by atoms with E-state index in [4.69, 9.17) is 12.2 Å². The normalized spacial score (nSPS) is 12.4. The Balaban J connectivity index is 2.19. The summed E-state index contributed by atoms with van der Waals surface area (Å²) >= 11 is 6.56. The highest BCUT2D eigenvalue weighted by molar-refractivity contribution is 7.73. The first-order valence-corrected chi connectivity index (χ1v) is 6.88. The number of hydrogen-bond acceptors (Lipinski definition) is 5. The molecular weight excluding hydrogens is 285 g/mol. The average Bonchev–Trinajstić information content (AvgIpc) is 2.71. The second-order valence-electron chi connectivity index (χ2n) is 4.30. The molecular formula is C12H14FN3OS2. The van der Waals surface area contributed by atoms with Crippen LogP contribution < -0.4 is 4.90 Å². The molecule has 0 amide bonds. The van der Waals surface area contributed by atoms with E-state index in [2.05, 4.69) is 5.10 Å². The maximum atomic E-state index is 13.1. The van der Waals surface area contributed by atoms with Gasteiger partial charge in [-0.25, -0.2) is 9.07 Å². The van der Waals surface area contributed by atoms with Gasteiger partial charge in [-0.1, -0.05) is 23.5 Å². The average molecular weight is 299 g/mol. The summed E-state index contributed by atoms with van der Waals surface area (Å²) in [5.74, 6) is -0.368. The third kappa shape index (κ3) is 3.37. The molecule has 1 aromatic carbocycles. The summed E-state index contributed by atoms with van der Waals surface area (Å²) < 4.78 is 15.2. The monoisotopic (exact) mass is 299 g/mol. The Bertz CT molecular complexity index is 623. The summed E-state index contributed by atoms with van der Waals surface area (Å²) in [6.07, 6.45) is -0.834. The van der Waals surface area contributed by atoms with Crippen molar-refractivity contribution in [2.45, 2.75) is 12.6 Å². The van der Waals surface area contributed by atoms with Crippen LogP contribution in [-0.2, 0) is 6.54 Å². The van der Waals surface area contributed by atoms with Crippen molar-refractivity contribution < 1.29 is 9.50 Å². The molecule has 1 aromatic heterocycles. The van der Waals surface area contributed by atoms with E-state index in [1.807, 2.05) is 19.0 Å². The number of anilines is 1.